The van der Waals surface area contributed by atoms with Gasteiger partial charge in [0.2, 0.25) is 5.91 Å². The molecule has 4 rings (SSSR count). The number of benzene rings is 2. The maximum atomic E-state index is 12.8. The minimum Gasteiger partial charge on any atom is -0.356 e. The van der Waals surface area contributed by atoms with Crippen LogP contribution < -0.4 is 10.2 Å². The van der Waals surface area contributed by atoms with Crippen molar-refractivity contribution in [3.63, 3.8) is 0 Å². The Bertz CT molecular complexity index is 1010. The van der Waals surface area contributed by atoms with E-state index in [1.165, 1.54) is 0 Å². The van der Waals surface area contributed by atoms with Crippen LogP contribution in [0.3, 0.4) is 0 Å². The number of piperidine rings is 1. The van der Waals surface area contributed by atoms with Crippen LogP contribution >= 0.6 is 23.2 Å². The second-order valence-electron chi connectivity index (χ2n) is 7.03. The molecule has 1 aliphatic heterocycles. The van der Waals surface area contributed by atoms with E-state index in [9.17, 15) is 4.79 Å². The fourth-order valence-electron chi connectivity index (χ4n) is 3.51. The summed E-state index contributed by atoms with van der Waals surface area (Å²) in [4.78, 5) is 23.8. The summed E-state index contributed by atoms with van der Waals surface area (Å²) in [5.41, 5.74) is 2.45. The number of hydrogen-bond acceptors (Lipinski definition) is 4. The van der Waals surface area contributed by atoms with Crippen molar-refractivity contribution in [2.24, 2.45) is 5.92 Å². The summed E-state index contributed by atoms with van der Waals surface area (Å²) in [5.74, 6) is 0.613. The van der Waals surface area contributed by atoms with E-state index in [0.29, 0.717) is 22.3 Å². The van der Waals surface area contributed by atoms with E-state index in [1.54, 1.807) is 24.5 Å². The van der Waals surface area contributed by atoms with E-state index in [2.05, 4.69) is 20.2 Å². The zero-order valence-corrected chi connectivity index (χ0v) is 17.2. The predicted molar refractivity (Wildman–Crippen MR) is 117 cm³/mol. The Balaban J connectivity index is 1.48. The van der Waals surface area contributed by atoms with Gasteiger partial charge in [-0.05, 0) is 31.0 Å². The Morgan fingerprint density at radius 3 is 2.72 bits per heavy atom. The van der Waals surface area contributed by atoms with E-state index in [-0.39, 0.29) is 11.8 Å². The molecule has 1 fully saturated rings. The zero-order valence-electron chi connectivity index (χ0n) is 15.7. The first-order chi connectivity index (χ1) is 14.1. The molecule has 1 aliphatic rings. The number of nitrogens with zero attached hydrogens (tertiary/aromatic N) is 3. The zero-order chi connectivity index (χ0) is 20.2. The van der Waals surface area contributed by atoms with Crippen molar-refractivity contribution in [1.29, 1.82) is 0 Å². The average Bonchev–Trinajstić information content (AvgIpc) is 2.77. The lowest BCUT2D eigenvalue weighted by atomic mass is 9.97. The highest BCUT2D eigenvalue weighted by molar-refractivity contribution is 6.35. The molecule has 0 spiro atoms. The van der Waals surface area contributed by atoms with Gasteiger partial charge in [-0.25, -0.2) is 9.97 Å². The summed E-state index contributed by atoms with van der Waals surface area (Å²) in [7, 11) is 0. The number of amides is 1. The monoisotopic (exact) mass is 426 g/mol. The minimum absolute atomic E-state index is 0.0591. The van der Waals surface area contributed by atoms with Crippen LogP contribution in [-0.4, -0.2) is 29.0 Å². The Labute approximate surface area is 179 Å². The molecule has 0 saturated carbocycles. The molecule has 0 bridgehead atoms. The second-order valence-corrected chi connectivity index (χ2v) is 7.87. The standard InChI is InChI=1S/C22H20Cl2N4O/c23-17-8-9-18(24)20(11-17)27-22(29)16-7-4-10-28(13-16)21-12-19(25-14-26-21)15-5-2-1-3-6-15/h1-3,5-6,8-9,11-12,14,16H,4,7,10,13H2,(H,27,29). The number of nitrogens with one attached hydrogen (secondary N) is 1. The SMILES string of the molecule is O=C(Nc1cc(Cl)ccc1Cl)C1CCCN(c2cc(-c3ccccc3)ncn2)C1. The molecule has 1 unspecified atom stereocenters. The van der Waals surface area contributed by atoms with Gasteiger partial charge in [0, 0.05) is 29.7 Å². The van der Waals surface area contributed by atoms with Crippen LogP contribution in [-0.2, 0) is 4.79 Å². The second kappa shape index (κ2) is 8.80. The predicted octanol–water partition coefficient (Wildman–Crippen LogP) is 5.31. The van der Waals surface area contributed by atoms with Crippen molar-refractivity contribution >= 4 is 40.6 Å². The third kappa shape index (κ3) is 4.69. The molecule has 2 aromatic carbocycles. The van der Waals surface area contributed by atoms with Gasteiger partial charge < -0.3 is 10.2 Å². The maximum Gasteiger partial charge on any atom is 0.229 e. The van der Waals surface area contributed by atoms with Crippen LogP contribution in [0.2, 0.25) is 10.0 Å². The van der Waals surface area contributed by atoms with Gasteiger partial charge in [0.25, 0.3) is 0 Å². The number of rotatable bonds is 4. The van der Waals surface area contributed by atoms with Crippen molar-refractivity contribution in [1.82, 2.24) is 9.97 Å². The third-order valence-electron chi connectivity index (χ3n) is 5.02. The fourth-order valence-corrected chi connectivity index (χ4v) is 3.85. The number of carbonyl (C=O) groups is 1. The van der Waals surface area contributed by atoms with Crippen LogP contribution in [0.1, 0.15) is 12.8 Å². The van der Waals surface area contributed by atoms with Gasteiger partial charge in [-0.3, -0.25) is 4.79 Å². The Morgan fingerprint density at radius 1 is 1.07 bits per heavy atom. The van der Waals surface area contributed by atoms with Crippen molar-refractivity contribution in [3.8, 4) is 11.3 Å². The molecule has 0 aliphatic carbocycles. The van der Waals surface area contributed by atoms with Crippen molar-refractivity contribution < 1.29 is 4.79 Å². The number of halogens is 2. The Hall–Kier alpha value is -2.63. The smallest absolute Gasteiger partial charge is 0.229 e. The number of hydrogen-bond donors (Lipinski definition) is 1. The first kappa shape index (κ1) is 19.7. The summed E-state index contributed by atoms with van der Waals surface area (Å²) in [5, 5.41) is 3.92. The summed E-state index contributed by atoms with van der Waals surface area (Å²) in [6.07, 6.45) is 3.30. The van der Waals surface area contributed by atoms with Gasteiger partial charge in [-0.15, -0.1) is 0 Å². The number of carbonyl (C=O) groups excluding carboxylic acids is 1. The molecular weight excluding hydrogens is 407 g/mol. The number of aromatic nitrogens is 2. The molecule has 1 amide bonds. The van der Waals surface area contributed by atoms with Gasteiger partial charge in [0.1, 0.15) is 12.1 Å². The molecule has 1 saturated heterocycles. The topological polar surface area (TPSA) is 58.1 Å². The van der Waals surface area contributed by atoms with E-state index < -0.39 is 0 Å². The van der Waals surface area contributed by atoms with Gasteiger partial charge in [-0.1, -0.05) is 53.5 Å². The molecule has 3 aromatic rings. The molecule has 7 heteroatoms. The largest absolute Gasteiger partial charge is 0.356 e. The summed E-state index contributed by atoms with van der Waals surface area (Å²) >= 11 is 12.2. The lowest BCUT2D eigenvalue weighted by Crippen LogP contribution is -2.41. The van der Waals surface area contributed by atoms with Crippen LogP contribution in [0.25, 0.3) is 11.3 Å². The van der Waals surface area contributed by atoms with Gasteiger partial charge in [-0.2, -0.15) is 0 Å². The van der Waals surface area contributed by atoms with Crippen LogP contribution in [0.15, 0.2) is 60.9 Å². The Morgan fingerprint density at radius 2 is 1.90 bits per heavy atom. The first-order valence-corrected chi connectivity index (χ1v) is 10.2. The highest BCUT2D eigenvalue weighted by Gasteiger charge is 2.27. The molecule has 2 heterocycles. The maximum absolute atomic E-state index is 12.8. The van der Waals surface area contributed by atoms with Crippen LogP contribution in [0.5, 0.6) is 0 Å². The van der Waals surface area contributed by atoms with Crippen LogP contribution in [0.4, 0.5) is 11.5 Å². The van der Waals surface area contributed by atoms with E-state index >= 15 is 0 Å². The molecule has 1 atom stereocenters. The minimum atomic E-state index is -0.158. The highest BCUT2D eigenvalue weighted by atomic mass is 35.5. The quantitative estimate of drug-likeness (QED) is 0.614. The van der Waals surface area contributed by atoms with E-state index in [1.807, 2.05) is 36.4 Å². The molecule has 29 heavy (non-hydrogen) atoms. The summed E-state index contributed by atoms with van der Waals surface area (Å²) < 4.78 is 0. The summed E-state index contributed by atoms with van der Waals surface area (Å²) in [6.45, 7) is 1.45. The van der Waals surface area contributed by atoms with Crippen molar-refractivity contribution in [2.45, 2.75) is 12.8 Å². The number of anilines is 2. The first-order valence-electron chi connectivity index (χ1n) is 9.48. The molecule has 5 nitrogen and oxygen atoms in total. The normalized spacial score (nSPS) is 16.5. The molecule has 1 N–H and O–H groups in total. The lowest BCUT2D eigenvalue weighted by molar-refractivity contribution is -0.120. The van der Waals surface area contributed by atoms with E-state index in [0.717, 1.165) is 36.5 Å². The molecule has 0 radical (unpaired) electrons. The highest BCUT2D eigenvalue weighted by Crippen LogP contribution is 2.28. The van der Waals surface area contributed by atoms with Gasteiger partial charge in [0.05, 0.1) is 22.3 Å². The summed E-state index contributed by atoms with van der Waals surface area (Å²) in [6, 6.07) is 17.0. The van der Waals surface area contributed by atoms with E-state index in [4.69, 9.17) is 23.2 Å². The lowest BCUT2D eigenvalue weighted by Gasteiger charge is -2.33. The van der Waals surface area contributed by atoms with Gasteiger partial charge in [0.15, 0.2) is 0 Å². The van der Waals surface area contributed by atoms with Gasteiger partial charge >= 0.3 is 0 Å². The molecule has 148 valence electrons. The van der Waals surface area contributed by atoms with Crippen molar-refractivity contribution in [2.75, 3.05) is 23.3 Å². The third-order valence-corrected chi connectivity index (χ3v) is 5.59. The van der Waals surface area contributed by atoms with Crippen molar-refractivity contribution in [3.05, 3.63) is 71.0 Å². The molecule has 1 aromatic heterocycles. The molecular formula is C22H20Cl2N4O. The average molecular weight is 427 g/mol. The Kier molecular flexibility index (Phi) is 5.97. The van der Waals surface area contributed by atoms with Crippen LogP contribution in [0, 0.1) is 5.92 Å². The fraction of sp³-hybridized carbons (Fsp3) is 0.227.